The van der Waals surface area contributed by atoms with E-state index in [1.807, 2.05) is 20.8 Å². The molecule has 1 unspecified atom stereocenters. The van der Waals surface area contributed by atoms with Gasteiger partial charge in [0.05, 0.1) is 13.2 Å². The van der Waals surface area contributed by atoms with Gasteiger partial charge in [0.2, 0.25) is 0 Å². The van der Waals surface area contributed by atoms with Crippen LogP contribution < -0.4 is 5.32 Å². The van der Waals surface area contributed by atoms with Crippen LogP contribution in [0.1, 0.15) is 27.2 Å². The van der Waals surface area contributed by atoms with Gasteiger partial charge in [-0.2, -0.15) is 11.8 Å². The van der Waals surface area contributed by atoms with Gasteiger partial charge in [0.15, 0.2) is 0 Å². The average molecular weight is 249 g/mol. The summed E-state index contributed by atoms with van der Waals surface area (Å²) in [5.41, 5.74) is -0.604. The van der Waals surface area contributed by atoms with Gasteiger partial charge in [-0.1, -0.05) is 6.92 Å². The predicted molar refractivity (Wildman–Crippen MR) is 67.7 cm³/mol. The van der Waals surface area contributed by atoms with Crippen molar-refractivity contribution in [3.8, 4) is 0 Å². The van der Waals surface area contributed by atoms with Gasteiger partial charge in [0, 0.05) is 5.75 Å². The smallest absolute Gasteiger partial charge is 0.326 e. The Labute approximate surface area is 102 Å². The Kier molecular flexibility index (Phi) is 8.70. The van der Waals surface area contributed by atoms with Gasteiger partial charge in [0.1, 0.15) is 5.54 Å². The number of esters is 1. The lowest BCUT2D eigenvalue weighted by Crippen LogP contribution is -2.50. The van der Waals surface area contributed by atoms with Gasteiger partial charge in [-0.25, -0.2) is 0 Å². The minimum absolute atomic E-state index is 0.183. The molecule has 0 radical (unpaired) electrons. The van der Waals surface area contributed by atoms with Crippen molar-refractivity contribution in [2.75, 3.05) is 31.3 Å². The first-order valence-corrected chi connectivity index (χ1v) is 6.87. The standard InChI is InChI=1S/C11H23NO3S/c1-4-12-11(3,10(14)15-5-2)6-8-16-9-7-13/h12-13H,4-9H2,1-3H3. The molecule has 0 saturated heterocycles. The van der Waals surface area contributed by atoms with E-state index in [0.717, 1.165) is 12.3 Å². The summed E-state index contributed by atoms with van der Waals surface area (Å²) in [5, 5.41) is 11.8. The molecule has 0 heterocycles. The first kappa shape index (κ1) is 15.7. The molecule has 0 aliphatic heterocycles. The molecule has 0 rings (SSSR count). The van der Waals surface area contributed by atoms with Gasteiger partial charge in [-0.05, 0) is 32.6 Å². The van der Waals surface area contributed by atoms with Gasteiger partial charge >= 0.3 is 5.97 Å². The first-order chi connectivity index (χ1) is 7.60. The molecule has 0 bridgehead atoms. The minimum Gasteiger partial charge on any atom is -0.465 e. The molecule has 0 aromatic rings. The summed E-state index contributed by atoms with van der Waals surface area (Å²) in [4.78, 5) is 11.8. The maximum absolute atomic E-state index is 11.8. The quantitative estimate of drug-likeness (QED) is 0.472. The minimum atomic E-state index is -0.604. The van der Waals surface area contributed by atoms with Crippen LogP contribution in [0.2, 0.25) is 0 Å². The number of likely N-dealkylation sites (N-methyl/N-ethyl adjacent to an activating group) is 1. The SMILES string of the molecule is CCNC(C)(CCSCCO)C(=O)OCC. The zero-order chi connectivity index (χ0) is 12.4. The van der Waals surface area contributed by atoms with E-state index in [9.17, 15) is 4.79 Å². The van der Waals surface area contributed by atoms with Crippen molar-refractivity contribution >= 4 is 17.7 Å². The predicted octanol–water partition coefficient (Wildman–Crippen LogP) is 1.03. The zero-order valence-electron chi connectivity index (χ0n) is 10.4. The maximum Gasteiger partial charge on any atom is 0.326 e. The molecule has 0 saturated carbocycles. The topological polar surface area (TPSA) is 58.6 Å². The van der Waals surface area contributed by atoms with Gasteiger partial charge < -0.3 is 15.2 Å². The Morgan fingerprint density at radius 2 is 2.12 bits per heavy atom. The summed E-state index contributed by atoms with van der Waals surface area (Å²) < 4.78 is 5.06. The van der Waals surface area contributed by atoms with Gasteiger partial charge in [-0.3, -0.25) is 4.79 Å². The zero-order valence-corrected chi connectivity index (χ0v) is 11.2. The van der Waals surface area contributed by atoms with E-state index < -0.39 is 5.54 Å². The van der Waals surface area contributed by atoms with E-state index in [-0.39, 0.29) is 12.6 Å². The molecule has 1 atom stereocenters. The molecule has 96 valence electrons. The Morgan fingerprint density at radius 3 is 2.62 bits per heavy atom. The lowest BCUT2D eigenvalue weighted by atomic mass is 9.99. The number of thioether (sulfide) groups is 1. The lowest BCUT2D eigenvalue weighted by molar-refractivity contribution is -0.150. The maximum atomic E-state index is 11.8. The third kappa shape index (κ3) is 5.72. The first-order valence-electron chi connectivity index (χ1n) is 5.71. The number of ether oxygens (including phenoxy) is 1. The second-order valence-electron chi connectivity index (χ2n) is 3.67. The Morgan fingerprint density at radius 1 is 1.44 bits per heavy atom. The van der Waals surface area contributed by atoms with Crippen LogP contribution in [0.25, 0.3) is 0 Å². The van der Waals surface area contributed by atoms with Crippen LogP contribution in [-0.4, -0.2) is 47.9 Å². The van der Waals surface area contributed by atoms with Gasteiger partial charge in [-0.15, -0.1) is 0 Å². The number of aliphatic hydroxyl groups is 1. The van der Waals surface area contributed by atoms with E-state index >= 15 is 0 Å². The summed E-state index contributed by atoms with van der Waals surface area (Å²) in [6.45, 7) is 6.97. The third-order valence-electron chi connectivity index (χ3n) is 2.27. The van der Waals surface area contributed by atoms with Crippen molar-refractivity contribution < 1.29 is 14.6 Å². The number of nitrogens with one attached hydrogen (secondary N) is 1. The Bertz CT molecular complexity index is 202. The number of aliphatic hydroxyl groups excluding tert-OH is 1. The number of hydrogen-bond donors (Lipinski definition) is 2. The summed E-state index contributed by atoms with van der Waals surface area (Å²) in [6.07, 6.45) is 0.713. The van der Waals surface area contributed by atoms with Crippen molar-refractivity contribution in [3.05, 3.63) is 0 Å². The summed E-state index contributed by atoms with van der Waals surface area (Å²) in [7, 11) is 0. The van der Waals surface area contributed by atoms with E-state index in [1.165, 1.54) is 0 Å². The molecule has 0 aromatic carbocycles. The molecular formula is C11H23NO3S. The highest BCUT2D eigenvalue weighted by atomic mass is 32.2. The second kappa shape index (κ2) is 8.84. The molecule has 5 heteroatoms. The molecule has 2 N–H and O–H groups in total. The van der Waals surface area contributed by atoms with Crippen molar-refractivity contribution in [1.82, 2.24) is 5.32 Å². The second-order valence-corrected chi connectivity index (χ2v) is 4.89. The highest BCUT2D eigenvalue weighted by molar-refractivity contribution is 7.99. The largest absolute Gasteiger partial charge is 0.465 e. The van der Waals surface area contributed by atoms with Crippen molar-refractivity contribution in [3.63, 3.8) is 0 Å². The van der Waals surface area contributed by atoms with Crippen molar-refractivity contribution in [2.45, 2.75) is 32.7 Å². The Hall–Kier alpha value is -0.260. The normalized spacial score (nSPS) is 14.5. The average Bonchev–Trinajstić information content (AvgIpc) is 2.25. The van der Waals surface area contributed by atoms with E-state index in [0.29, 0.717) is 18.8 Å². The molecular weight excluding hydrogens is 226 g/mol. The lowest BCUT2D eigenvalue weighted by Gasteiger charge is -2.27. The number of carbonyl (C=O) groups excluding carboxylic acids is 1. The van der Waals surface area contributed by atoms with Crippen molar-refractivity contribution in [1.29, 1.82) is 0 Å². The molecule has 0 aliphatic rings. The monoisotopic (exact) mass is 249 g/mol. The fourth-order valence-electron chi connectivity index (χ4n) is 1.39. The number of rotatable bonds is 9. The molecule has 0 fully saturated rings. The molecule has 0 aromatic heterocycles. The molecule has 0 spiro atoms. The summed E-state index contributed by atoms with van der Waals surface area (Å²) in [6, 6.07) is 0. The molecule has 16 heavy (non-hydrogen) atoms. The number of carbonyl (C=O) groups is 1. The summed E-state index contributed by atoms with van der Waals surface area (Å²) in [5.74, 6) is 1.36. The highest BCUT2D eigenvalue weighted by Gasteiger charge is 2.33. The van der Waals surface area contributed by atoms with Crippen LogP contribution in [-0.2, 0) is 9.53 Å². The van der Waals surface area contributed by atoms with E-state index in [1.54, 1.807) is 11.8 Å². The third-order valence-corrected chi connectivity index (χ3v) is 3.24. The van der Waals surface area contributed by atoms with Crippen LogP contribution in [0.4, 0.5) is 0 Å². The van der Waals surface area contributed by atoms with Crippen LogP contribution in [0.5, 0.6) is 0 Å². The van der Waals surface area contributed by atoms with E-state index in [2.05, 4.69) is 5.32 Å². The molecule has 4 nitrogen and oxygen atoms in total. The molecule has 0 amide bonds. The van der Waals surface area contributed by atoms with Crippen LogP contribution in [0.3, 0.4) is 0 Å². The molecule has 0 aliphatic carbocycles. The van der Waals surface area contributed by atoms with Crippen LogP contribution in [0.15, 0.2) is 0 Å². The highest BCUT2D eigenvalue weighted by Crippen LogP contribution is 2.16. The van der Waals surface area contributed by atoms with Crippen LogP contribution in [0, 0.1) is 0 Å². The van der Waals surface area contributed by atoms with Crippen molar-refractivity contribution in [2.24, 2.45) is 0 Å². The van der Waals surface area contributed by atoms with Crippen LogP contribution >= 0.6 is 11.8 Å². The summed E-state index contributed by atoms with van der Waals surface area (Å²) >= 11 is 1.64. The van der Waals surface area contributed by atoms with E-state index in [4.69, 9.17) is 9.84 Å². The number of hydrogen-bond acceptors (Lipinski definition) is 5. The fourth-order valence-corrected chi connectivity index (χ4v) is 2.27. The Balaban J connectivity index is 4.15. The van der Waals surface area contributed by atoms with Gasteiger partial charge in [0.25, 0.3) is 0 Å². The fraction of sp³-hybridized carbons (Fsp3) is 0.909.